The fourth-order valence-electron chi connectivity index (χ4n) is 2.99. The number of benzene rings is 1. The molecular weight excluding hydrogens is 446 g/mol. The van der Waals surface area contributed by atoms with Gasteiger partial charge in [-0.15, -0.1) is 24.0 Å². The molecule has 3 N–H and O–H groups in total. The van der Waals surface area contributed by atoms with Crippen LogP contribution in [-0.2, 0) is 11.3 Å². The average Bonchev–Trinajstić information content (AvgIpc) is 2.61. The molecule has 1 aliphatic carbocycles. The van der Waals surface area contributed by atoms with Crippen LogP contribution < -0.4 is 16.0 Å². The molecule has 1 saturated carbocycles. The number of carbonyl (C=O) groups is 1. The van der Waals surface area contributed by atoms with Gasteiger partial charge in [0.15, 0.2) is 5.96 Å². The van der Waals surface area contributed by atoms with Crippen LogP contribution in [0.3, 0.4) is 0 Å². The first-order chi connectivity index (χ1) is 12.1. The van der Waals surface area contributed by atoms with Crippen molar-refractivity contribution in [1.29, 1.82) is 0 Å². The fourth-order valence-corrected chi connectivity index (χ4v) is 2.99. The zero-order valence-corrected chi connectivity index (χ0v) is 17.9. The average molecular weight is 476 g/mol. The van der Waals surface area contributed by atoms with Crippen LogP contribution >= 0.6 is 24.0 Å². The first kappa shape index (κ1) is 22.7. The van der Waals surface area contributed by atoms with Crippen molar-refractivity contribution in [2.75, 3.05) is 13.6 Å². The van der Waals surface area contributed by atoms with Gasteiger partial charge in [0.2, 0.25) is 5.91 Å². The van der Waals surface area contributed by atoms with Gasteiger partial charge >= 0.3 is 0 Å². The molecule has 2 rings (SSSR count). The Labute approximate surface area is 172 Å². The van der Waals surface area contributed by atoms with Crippen LogP contribution in [0.5, 0.6) is 0 Å². The molecule has 26 heavy (non-hydrogen) atoms. The predicted molar refractivity (Wildman–Crippen MR) is 114 cm³/mol. The molecule has 0 bridgehead atoms. The summed E-state index contributed by atoms with van der Waals surface area (Å²) in [6.45, 7) is 2.73. The molecule has 0 atom stereocenters. The first-order valence-electron chi connectivity index (χ1n) is 9.07. The van der Waals surface area contributed by atoms with Crippen molar-refractivity contribution in [1.82, 2.24) is 16.0 Å². The lowest BCUT2D eigenvalue weighted by Crippen LogP contribution is -2.41. The summed E-state index contributed by atoms with van der Waals surface area (Å²) in [5.74, 6) is 0.475. The van der Waals surface area contributed by atoms with Crippen LogP contribution in [0.2, 0.25) is 0 Å². The molecule has 1 amide bonds. The Kier molecular flexibility index (Phi) is 10.5. The van der Waals surface area contributed by atoms with Gasteiger partial charge in [0.25, 0.3) is 0 Å². The Hall–Kier alpha value is -1.38. The largest absolute Gasteiger partial charge is 0.356 e. The zero-order valence-electron chi connectivity index (χ0n) is 15.6. The quantitative estimate of drug-likeness (QED) is 0.336. The molecule has 0 aromatic heterocycles. The fraction of sp³-hybridized carbons (Fsp3) is 0.579. The van der Waals surface area contributed by atoms with E-state index in [4.69, 9.17) is 0 Å². The Morgan fingerprint density at radius 1 is 1.23 bits per heavy atom. The number of amides is 1. The number of nitrogens with one attached hydrogen (secondary N) is 3. The second-order valence-corrected chi connectivity index (χ2v) is 6.59. The van der Waals surface area contributed by atoms with Crippen LogP contribution in [-0.4, -0.2) is 31.5 Å². The number of hydrogen-bond donors (Lipinski definition) is 3. The highest BCUT2D eigenvalue weighted by atomic mass is 127. The van der Waals surface area contributed by atoms with Crippen molar-refractivity contribution in [3.05, 3.63) is 35.1 Å². The Morgan fingerprint density at radius 2 is 1.96 bits per heavy atom. The Morgan fingerprint density at radius 3 is 2.62 bits per heavy atom. The predicted octanol–water partition coefficient (Wildman–Crippen LogP) is 3.26. The van der Waals surface area contributed by atoms with E-state index < -0.39 is 0 Å². The Balaban J connectivity index is 0.00000338. The van der Waals surface area contributed by atoms with Crippen LogP contribution in [0.1, 0.15) is 49.7 Å². The molecule has 0 heterocycles. The molecule has 0 saturated heterocycles. The van der Waals surface area contributed by atoms with E-state index in [2.05, 4.69) is 20.9 Å². The maximum absolute atomic E-state index is 13.6. The smallest absolute Gasteiger partial charge is 0.221 e. The van der Waals surface area contributed by atoms with Crippen LogP contribution in [0.15, 0.2) is 23.2 Å². The van der Waals surface area contributed by atoms with E-state index in [0.717, 1.165) is 18.4 Å². The van der Waals surface area contributed by atoms with E-state index in [9.17, 15) is 9.18 Å². The highest BCUT2D eigenvalue weighted by Crippen LogP contribution is 2.17. The molecule has 5 nitrogen and oxygen atoms in total. The molecule has 0 spiro atoms. The van der Waals surface area contributed by atoms with Crippen molar-refractivity contribution in [2.45, 2.75) is 58.0 Å². The van der Waals surface area contributed by atoms with Gasteiger partial charge in [0.05, 0.1) is 0 Å². The molecule has 1 aliphatic rings. The summed E-state index contributed by atoms with van der Waals surface area (Å²) < 4.78 is 13.6. The van der Waals surface area contributed by atoms with Gasteiger partial charge in [-0.05, 0) is 37.0 Å². The lowest BCUT2D eigenvalue weighted by molar-refractivity contribution is -0.121. The van der Waals surface area contributed by atoms with Gasteiger partial charge in [0.1, 0.15) is 5.82 Å². The van der Waals surface area contributed by atoms with Gasteiger partial charge in [-0.1, -0.05) is 31.4 Å². The highest BCUT2D eigenvalue weighted by molar-refractivity contribution is 14.0. The van der Waals surface area contributed by atoms with Gasteiger partial charge in [0, 0.05) is 32.6 Å². The summed E-state index contributed by atoms with van der Waals surface area (Å²) in [6, 6.07) is 5.51. The number of halogens is 2. The maximum Gasteiger partial charge on any atom is 0.221 e. The number of aryl methyl sites for hydroxylation is 1. The van der Waals surface area contributed by atoms with Gasteiger partial charge in [-0.25, -0.2) is 4.39 Å². The number of rotatable bonds is 6. The summed E-state index contributed by atoms with van der Waals surface area (Å²) in [5, 5.41) is 9.35. The first-order valence-corrected chi connectivity index (χ1v) is 9.07. The van der Waals surface area contributed by atoms with Crippen molar-refractivity contribution >= 4 is 35.8 Å². The monoisotopic (exact) mass is 476 g/mol. The van der Waals surface area contributed by atoms with Gasteiger partial charge in [-0.2, -0.15) is 0 Å². The summed E-state index contributed by atoms with van der Waals surface area (Å²) in [6.07, 6.45) is 6.29. The Bertz CT molecular complexity index is 603. The van der Waals surface area contributed by atoms with E-state index in [0.29, 0.717) is 37.1 Å². The lowest BCUT2D eigenvalue weighted by Gasteiger charge is -2.22. The molecule has 0 unspecified atom stereocenters. The summed E-state index contributed by atoms with van der Waals surface area (Å²) in [7, 11) is 1.67. The number of hydrogen-bond acceptors (Lipinski definition) is 2. The van der Waals surface area contributed by atoms with Crippen molar-refractivity contribution in [3.8, 4) is 0 Å². The molecule has 1 aromatic carbocycles. The van der Waals surface area contributed by atoms with Crippen LogP contribution in [0.4, 0.5) is 4.39 Å². The summed E-state index contributed by atoms with van der Waals surface area (Å²) in [5.41, 5.74) is 1.48. The zero-order chi connectivity index (χ0) is 18.1. The number of nitrogens with zero attached hydrogens (tertiary/aromatic N) is 1. The third-order valence-electron chi connectivity index (χ3n) is 4.53. The molecule has 0 aliphatic heterocycles. The second kappa shape index (κ2) is 12.1. The minimum atomic E-state index is -0.207. The highest BCUT2D eigenvalue weighted by Gasteiger charge is 2.15. The molecule has 0 radical (unpaired) electrons. The van der Waals surface area contributed by atoms with E-state index in [1.54, 1.807) is 20.0 Å². The maximum atomic E-state index is 13.6. The van der Waals surface area contributed by atoms with Gasteiger partial charge in [-0.3, -0.25) is 9.79 Å². The number of guanidine groups is 1. The summed E-state index contributed by atoms with van der Waals surface area (Å²) in [4.78, 5) is 16.1. The molecule has 146 valence electrons. The van der Waals surface area contributed by atoms with Crippen LogP contribution in [0.25, 0.3) is 0 Å². The van der Waals surface area contributed by atoms with Crippen molar-refractivity contribution < 1.29 is 9.18 Å². The number of carbonyl (C=O) groups excluding carboxylic acids is 1. The topological polar surface area (TPSA) is 65.5 Å². The van der Waals surface area contributed by atoms with E-state index in [1.807, 2.05) is 6.07 Å². The van der Waals surface area contributed by atoms with Crippen molar-refractivity contribution in [3.63, 3.8) is 0 Å². The van der Waals surface area contributed by atoms with E-state index in [-0.39, 0.29) is 35.7 Å². The SMILES string of the molecule is CN=C(NCCC(=O)NC1CCCCC1)NCc1ccc(C)c(F)c1.I. The van der Waals surface area contributed by atoms with Gasteiger partial charge < -0.3 is 16.0 Å². The van der Waals surface area contributed by atoms with Crippen LogP contribution in [0, 0.1) is 12.7 Å². The minimum Gasteiger partial charge on any atom is -0.356 e. The summed E-state index contributed by atoms with van der Waals surface area (Å²) >= 11 is 0. The molecule has 1 aromatic rings. The lowest BCUT2D eigenvalue weighted by atomic mass is 9.95. The van der Waals surface area contributed by atoms with E-state index >= 15 is 0 Å². The molecular formula is C19H30FIN4O. The van der Waals surface area contributed by atoms with Crippen molar-refractivity contribution in [2.24, 2.45) is 4.99 Å². The molecule has 1 fully saturated rings. The van der Waals surface area contributed by atoms with E-state index in [1.165, 1.54) is 25.3 Å². The second-order valence-electron chi connectivity index (χ2n) is 6.59. The minimum absolute atomic E-state index is 0. The third kappa shape index (κ3) is 7.88. The number of aliphatic imine (C=N–C) groups is 1. The normalized spacial score (nSPS) is 15.1. The standard InChI is InChI=1S/C19H29FN4O.HI/c1-14-8-9-15(12-17(14)20)13-23-19(21-2)22-11-10-18(25)24-16-6-4-3-5-7-16;/h8-9,12,16H,3-7,10-11,13H2,1-2H3,(H,24,25)(H2,21,22,23);1H. The third-order valence-corrected chi connectivity index (χ3v) is 4.53. The molecule has 7 heteroatoms.